The number of hydrogen-bond acceptors (Lipinski definition) is 4. The summed E-state index contributed by atoms with van der Waals surface area (Å²) in [6, 6.07) is 22.1. The summed E-state index contributed by atoms with van der Waals surface area (Å²) in [4.78, 5) is 8.83. The van der Waals surface area contributed by atoms with Crippen molar-refractivity contribution in [2.24, 2.45) is 0 Å². The van der Waals surface area contributed by atoms with Crippen LogP contribution in [-0.4, -0.2) is 14.5 Å². The molecule has 25 heavy (non-hydrogen) atoms. The second kappa shape index (κ2) is 6.07. The van der Waals surface area contributed by atoms with Crippen LogP contribution in [0.15, 0.2) is 54.6 Å². The van der Waals surface area contributed by atoms with E-state index in [4.69, 9.17) is 0 Å². The quantitative estimate of drug-likeness (QED) is 0.577. The van der Waals surface area contributed by atoms with Gasteiger partial charge in [0.2, 0.25) is 0 Å². The summed E-state index contributed by atoms with van der Waals surface area (Å²) in [5.41, 5.74) is 3.69. The van der Waals surface area contributed by atoms with Crippen LogP contribution in [0.1, 0.15) is 17.0 Å². The van der Waals surface area contributed by atoms with E-state index in [2.05, 4.69) is 26.7 Å². The average Bonchev–Trinajstić information content (AvgIpc) is 2.98. The van der Waals surface area contributed by atoms with Crippen molar-refractivity contribution in [2.45, 2.75) is 13.0 Å². The average molecular weight is 323 g/mol. The van der Waals surface area contributed by atoms with Crippen LogP contribution in [-0.2, 0) is 13.0 Å². The molecule has 5 nitrogen and oxygen atoms in total. The lowest BCUT2D eigenvalue weighted by Crippen LogP contribution is -2.04. The smallest absolute Gasteiger partial charge is 0.179 e. The third kappa shape index (κ3) is 2.49. The summed E-state index contributed by atoms with van der Waals surface area (Å²) in [6.07, 6.45) is 0.845. The zero-order valence-corrected chi connectivity index (χ0v) is 13.3. The molecule has 0 fully saturated rings. The maximum absolute atomic E-state index is 9.27. The molecule has 0 atom stereocenters. The van der Waals surface area contributed by atoms with E-state index in [9.17, 15) is 10.5 Å². The molecule has 2 aromatic carbocycles. The molecule has 5 heteroatoms. The van der Waals surface area contributed by atoms with Crippen molar-refractivity contribution in [1.82, 2.24) is 14.5 Å². The van der Waals surface area contributed by atoms with Gasteiger partial charge in [0.1, 0.15) is 17.7 Å². The highest BCUT2D eigenvalue weighted by Crippen LogP contribution is 2.27. The minimum atomic E-state index is 0.0683. The van der Waals surface area contributed by atoms with Gasteiger partial charge < -0.3 is 4.57 Å². The van der Waals surface area contributed by atoms with Gasteiger partial charge in [-0.15, -0.1) is 0 Å². The predicted octanol–water partition coefficient (Wildman–Crippen LogP) is 3.57. The summed E-state index contributed by atoms with van der Waals surface area (Å²) in [5.74, 6) is 0. The van der Waals surface area contributed by atoms with Crippen molar-refractivity contribution in [3.63, 3.8) is 0 Å². The number of nitrogens with zero attached hydrogens (tertiary/aromatic N) is 5. The van der Waals surface area contributed by atoms with Crippen LogP contribution in [0.25, 0.3) is 22.1 Å². The van der Waals surface area contributed by atoms with Gasteiger partial charge >= 0.3 is 0 Å². The molecule has 4 rings (SSSR count). The van der Waals surface area contributed by atoms with Crippen LogP contribution in [0.4, 0.5) is 0 Å². The Labute approximate surface area is 144 Å². The first-order chi connectivity index (χ1) is 12.3. The summed E-state index contributed by atoms with van der Waals surface area (Å²) >= 11 is 0. The molecule has 118 valence electrons. The van der Waals surface area contributed by atoms with E-state index in [1.54, 1.807) is 0 Å². The monoisotopic (exact) mass is 323 g/mol. The number of fused-ring (bicyclic) bond motifs is 3. The molecule has 0 amide bonds. The Morgan fingerprint density at radius 3 is 2.28 bits per heavy atom. The molecule has 2 heterocycles. The number of para-hydroxylation sites is 1. The molecule has 0 saturated carbocycles. The molecular formula is C20H13N5. The maximum Gasteiger partial charge on any atom is 0.179 e. The molecule has 0 unspecified atom stereocenters. The Morgan fingerprint density at radius 1 is 0.840 bits per heavy atom. The van der Waals surface area contributed by atoms with Gasteiger partial charge in [0.25, 0.3) is 0 Å². The van der Waals surface area contributed by atoms with E-state index in [1.165, 1.54) is 5.56 Å². The molecule has 4 aromatic rings. The molecular weight excluding hydrogens is 310 g/mol. The summed E-state index contributed by atoms with van der Waals surface area (Å²) in [6.45, 7) is 0.722. The summed E-state index contributed by atoms with van der Waals surface area (Å²) in [5, 5.41) is 19.4. The minimum absolute atomic E-state index is 0.0683. The zero-order valence-electron chi connectivity index (χ0n) is 13.3. The first kappa shape index (κ1) is 14.9. The van der Waals surface area contributed by atoms with Gasteiger partial charge in [-0.25, -0.2) is 9.97 Å². The fourth-order valence-electron chi connectivity index (χ4n) is 3.09. The first-order valence-electron chi connectivity index (χ1n) is 7.95. The number of hydrogen-bond donors (Lipinski definition) is 0. The van der Waals surface area contributed by atoms with Crippen molar-refractivity contribution in [3.05, 3.63) is 71.5 Å². The SMILES string of the molecule is N#Cc1nc2c3ccccc3n(CCc3ccccc3)c2nc1C#N. The van der Waals surface area contributed by atoms with Crippen LogP contribution >= 0.6 is 0 Å². The van der Waals surface area contributed by atoms with E-state index in [1.807, 2.05) is 54.6 Å². The van der Waals surface area contributed by atoms with E-state index < -0.39 is 0 Å². The van der Waals surface area contributed by atoms with E-state index in [0.717, 1.165) is 23.9 Å². The Bertz CT molecular complexity index is 1160. The lowest BCUT2D eigenvalue weighted by atomic mass is 10.1. The van der Waals surface area contributed by atoms with Crippen LogP contribution in [0.3, 0.4) is 0 Å². The minimum Gasteiger partial charge on any atom is -0.324 e. The van der Waals surface area contributed by atoms with Crippen molar-refractivity contribution in [2.75, 3.05) is 0 Å². The second-order valence-corrected chi connectivity index (χ2v) is 5.72. The third-order valence-electron chi connectivity index (χ3n) is 4.26. The van der Waals surface area contributed by atoms with Crippen molar-refractivity contribution >= 4 is 22.1 Å². The molecule has 0 aliphatic heterocycles. The number of aryl methyl sites for hydroxylation is 2. The molecule has 0 spiro atoms. The van der Waals surface area contributed by atoms with Gasteiger partial charge in [0.05, 0.1) is 5.52 Å². The molecule has 0 N–H and O–H groups in total. The molecule has 0 bridgehead atoms. The topological polar surface area (TPSA) is 78.3 Å². The lowest BCUT2D eigenvalue weighted by Gasteiger charge is -2.07. The van der Waals surface area contributed by atoms with Gasteiger partial charge in [-0.2, -0.15) is 10.5 Å². The zero-order chi connectivity index (χ0) is 17.2. The largest absolute Gasteiger partial charge is 0.324 e. The number of aromatic nitrogens is 3. The van der Waals surface area contributed by atoms with E-state index in [0.29, 0.717) is 11.2 Å². The van der Waals surface area contributed by atoms with Crippen molar-refractivity contribution in [3.8, 4) is 12.1 Å². The van der Waals surface area contributed by atoms with Crippen molar-refractivity contribution < 1.29 is 0 Å². The van der Waals surface area contributed by atoms with Crippen LogP contribution in [0.5, 0.6) is 0 Å². The van der Waals surface area contributed by atoms with Crippen LogP contribution in [0, 0.1) is 22.7 Å². The third-order valence-corrected chi connectivity index (χ3v) is 4.26. The summed E-state index contributed by atoms with van der Waals surface area (Å²) in [7, 11) is 0. The highest BCUT2D eigenvalue weighted by molar-refractivity contribution is 6.04. The first-order valence-corrected chi connectivity index (χ1v) is 7.95. The molecule has 0 saturated heterocycles. The Balaban J connectivity index is 1.92. The molecule has 2 aromatic heterocycles. The van der Waals surface area contributed by atoms with Gasteiger partial charge in [-0.3, -0.25) is 0 Å². The van der Waals surface area contributed by atoms with Crippen molar-refractivity contribution in [1.29, 1.82) is 10.5 Å². The summed E-state index contributed by atoms with van der Waals surface area (Å²) < 4.78 is 2.08. The Morgan fingerprint density at radius 2 is 1.52 bits per heavy atom. The van der Waals surface area contributed by atoms with Gasteiger partial charge in [0.15, 0.2) is 17.0 Å². The van der Waals surface area contributed by atoms with Gasteiger partial charge in [-0.05, 0) is 18.1 Å². The van der Waals surface area contributed by atoms with E-state index in [-0.39, 0.29) is 11.4 Å². The van der Waals surface area contributed by atoms with Gasteiger partial charge in [-0.1, -0.05) is 48.5 Å². The fourth-order valence-corrected chi connectivity index (χ4v) is 3.09. The predicted molar refractivity (Wildman–Crippen MR) is 94.6 cm³/mol. The number of rotatable bonds is 3. The maximum atomic E-state index is 9.27. The highest BCUT2D eigenvalue weighted by atomic mass is 15.1. The molecule has 0 aliphatic rings. The molecule has 0 radical (unpaired) electrons. The van der Waals surface area contributed by atoms with Crippen LogP contribution < -0.4 is 0 Å². The van der Waals surface area contributed by atoms with Gasteiger partial charge in [0, 0.05) is 11.9 Å². The Hall–Kier alpha value is -3.70. The normalized spacial score (nSPS) is 10.6. The second-order valence-electron chi connectivity index (χ2n) is 5.72. The highest BCUT2D eigenvalue weighted by Gasteiger charge is 2.16. The number of nitriles is 2. The Kier molecular flexibility index (Phi) is 3.61. The van der Waals surface area contributed by atoms with E-state index >= 15 is 0 Å². The number of benzene rings is 2. The van der Waals surface area contributed by atoms with Crippen LogP contribution in [0.2, 0.25) is 0 Å². The lowest BCUT2D eigenvalue weighted by molar-refractivity contribution is 0.737. The standard InChI is InChI=1S/C20H13N5/c21-12-16-17(13-22)24-20-19(23-16)15-8-4-5-9-18(15)25(20)11-10-14-6-2-1-3-7-14/h1-9H,10-11H2. The fraction of sp³-hybridized carbons (Fsp3) is 0.100. The molecule has 0 aliphatic carbocycles.